The molecular weight excluding hydrogens is 424 g/mol. The average molecular weight is 449 g/mol. The molecule has 1 aromatic heterocycles. The number of Topliss-reactive ketones (excluding diaryl/α,β-unsaturated/α-hetero) is 1. The van der Waals surface area contributed by atoms with Crippen molar-refractivity contribution >= 4 is 34.4 Å². The molecule has 1 unspecified atom stereocenters. The van der Waals surface area contributed by atoms with Crippen molar-refractivity contribution in [2.75, 3.05) is 17.7 Å². The van der Waals surface area contributed by atoms with Gasteiger partial charge in [0, 0.05) is 28.4 Å². The lowest BCUT2D eigenvalue weighted by molar-refractivity contribution is -0.119. The summed E-state index contributed by atoms with van der Waals surface area (Å²) in [5.41, 5.74) is 9.84. The van der Waals surface area contributed by atoms with Crippen molar-refractivity contribution in [3.05, 3.63) is 76.2 Å². The number of nitrogen functional groups attached to an aromatic ring is 1. The number of aliphatic hydroxyl groups excluding tert-OH is 1. The number of nitrogens with zero attached hydrogens (tertiary/aromatic N) is 1. The molecule has 0 saturated carbocycles. The van der Waals surface area contributed by atoms with Crippen LogP contribution < -0.4 is 15.4 Å². The van der Waals surface area contributed by atoms with Crippen LogP contribution >= 0.6 is 11.3 Å². The highest BCUT2D eigenvalue weighted by Gasteiger charge is 2.45. The lowest BCUT2D eigenvalue weighted by Crippen LogP contribution is -2.31. The zero-order valence-corrected chi connectivity index (χ0v) is 18.8. The molecule has 7 heteroatoms. The van der Waals surface area contributed by atoms with Crippen LogP contribution in [0.2, 0.25) is 0 Å². The number of nitrogens with two attached hydrogens (primary N) is 1. The van der Waals surface area contributed by atoms with Crippen molar-refractivity contribution in [2.24, 2.45) is 5.92 Å². The predicted molar refractivity (Wildman–Crippen MR) is 127 cm³/mol. The van der Waals surface area contributed by atoms with E-state index in [9.17, 15) is 14.7 Å². The van der Waals surface area contributed by atoms with Gasteiger partial charge >= 0.3 is 0 Å². The van der Waals surface area contributed by atoms with Crippen LogP contribution in [0.1, 0.15) is 25.5 Å². The van der Waals surface area contributed by atoms with Gasteiger partial charge < -0.3 is 15.6 Å². The highest BCUT2D eigenvalue weighted by molar-refractivity contribution is 7.08. The van der Waals surface area contributed by atoms with E-state index >= 15 is 0 Å². The summed E-state index contributed by atoms with van der Waals surface area (Å²) >= 11 is 1.57. The van der Waals surface area contributed by atoms with Gasteiger partial charge in [0.2, 0.25) is 0 Å². The molecule has 0 spiro atoms. The van der Waals surface area contributed by atoms with E-state index < -0.39 is 23.6 Å². The van der Waals surface area contributed by atoms with Gasteiger partial charge in [-0.3, -0.25) is 14.5 Å². The number of aliphatic hydroxyl groups is 1. The summed E-state index contributed by atoms with van der Waals surface area (Å²) in [6.45, 7) is 3.48. The molecule has 1 aliphatic rings. The van der Waals surface area contributed by atoms with E-state index in [0.717, 1.165) is 11.1 Å². The van der Waals surface area contributed by atoms with Crippen LogP contribution in [-0.2, 0) is 9.59 Å². The van der Waals surface area contributed by atoms with E-state index in [1.54, 1.807) is 55.5 Å². The number of hydrogen-bond donors (Lipinski definition) is 2. The number of rotatable bonds is 6. The van der Waals surface area contributed by atoms with Crippen LogP contribution in [0, 0.1) is 5.92 Å². The van der Waals surface area contributed by atoms with Crippen LogP contribution in [0.5, 0.6) is 5.75 Å². The zero-order valence-electron chi connectivity index (χ0n) is 18.0. The summed E-state index contributed by atoms with van der Waals surface area (Å²) in [6.07, 6.45) is 0. The highest BCUT2D eigenvalue weighted by Crippen LogP contribution is 2.45. The Morgan fingerprint density at radius 1 is 1.19 bits per heavy atom. The number of ether oxygens (including phenoxy) is 1. The molecule has 0 aliphatic carbocycles. The molecule has 4 rings (SSSR count). The van der Waals surface area contributed by atoms with Gasteiger partial charge in [-0.15, -0.1) is 0 Å². The average Bonchev–Trinajstić information content (AvgIpc) is 3.40. The second kappa shape index (κ2) is 8.51. The zero-order chi connectivity index (χ0) is 23.0. The molecule has 3 aromatic rings. The second-order valence-electron chi connectivity index (χ2n) is 7.88. The molecule has 1 aliphatic heterocycles. The number of carbonyl (C=O) groups is 2. The Hall–Kier alpha value is -3.58. The lowest BCUT2D eigenvalue weighted by Gasteiger charge is -2.29. The molecule has 6 nitrogen and oxygen atoms in total. The second-order valence-corrected chi connectivity index (χ2v) is 8.66. The normalized spacial score (nSPS) is 16.2. The van der Waals surface area contributed by atoms with Gasteiger partial charge in [0.25, 0.3) is 5.91 Å². The fraction of sp³-hybridized carbons (Fsp3) is 0.200. The Morgan fingerprint density at radius 2 is 1.94 bits per heavy atom. The molecule has 0 fully saturated rings. The highest BCUT2D eigenvalue weighted by atomic mass is 32.1. The van der Waals surface area contributed by atoms with Gasteiger partial charge in [-0.2, -0.15) is 11.3 Å². The van der Waals surface area contributed by atoms with Gasteiger partial charge in [0.05, 0.1) is 18.7 Å². The Morgan fingerprint density at radius 3 is 2.56 bits per heavy atom. The van der Waals surface area contributed by atoms with Gasteiger partial charge in [-0.1, -0.05) is 38.1 Å². The van der Waals surface area contributed by atoms with E-state index in [0.29, 0.717) is 22.7 Å². The molecule has 0 saturated heterocycles. The third-order valence-corrected chi connectivity index (χ3v) is 6.26. The van der Waals surface area contributed by atoms with E-state index in [1.165, 1.54) is 12.0 Å². The van der Waals surface area contributed by atoms with Crippen LogP contribution in [0.3, 0.4) is 0 Å². The van der Waals surface area contributed by atoms with Crippen molar-refractivity contribution in [1.29, 1.82) is 0 Å². The maximum Gasteiger partial charge on any atom is 0.294 e. The Labute approximate surface area is 190 Å². The number of ketones is 1. The molecule has 0 radical (unpaired) electrons. The lowest BCUT2D eigenvalue weighted by atomic mass is 9.90. The van der Waals surface area contributed by atoms with Crippen molar-refractivity contribution in [3.63, 3.8) is 0 Å². The minimum absolute atomic E-state index is 0.0648. The fourth-order valence-corrected chi connectivity index (χ4v) is 4.66. The molecule has 2 aromatic carbocycles. The molecule has 1 atom stereocenters. The van der Waals surface area contributed by atoms with Crippen LogP contribution in [0.15, 0.2) is 70.6 Å². The standard InChI is InChI=1S/C25H24N2O4S/c1-14(2)23(28)21-22(18-6-4-5-7-20(18)31-3)27(25(30)24(21)29)16-8-9-17(19(26)12-16)15-10-11-32-13-15/h4-14,22,29H,26H2,1-3H3. The molecule has 2 heterocycles. The summed E-state index contributed by atoms with van der Waals surface area (Å²) < 4.78 is 5.52. The minimum atomic E-state index is -0.833. The SMILES string of the molecule is COc1ccccc1C1C(C(=O)C(C)C)=C(O)C(=O)N1c1ccc(-c2ccsc2)c(N)c1. The van der Waals surface area contributed by atoms with E-state index in [1.807, 2.05) is 29.0 Å². The monoisotopic (exact) mass is 448 g/mol. The molecule has 3 N–H and O–H groups in total. The summed E-state index contributed by atoms with van der Waals surface area (Å²) in [4.78, 5) is 27.7. The van der Waals surface area contributed by atoms with E-state index in [-0.39, 0.29) is 11.4 Å². The summed E-state index contributed by atoms with van der Waals surface area (Å²) in [5.74, 6) is -1.37. The molecule has 0 bridgehead atoms. The first-order valence-corrected chi connectivity index (χ1v) is 11.1. The Balaban J connectivity index is 1.88. The van der Waals surface area contributed by atoms with Crippen molar-refractivity contribution in [2.45, 2.75) is 19.9 Å². The summed E-state index contributed by atoms with van der Waals surface area (Å²) in [6, 6.07) is 13.6. The quantitative estimate of drug-likeness (QED) is 0.510. The van der Waals surface area contributed by atoms with Crippen molar-refractivity contribution in [3.8, 4) is 16.9 Å². The first-order chi connectivity index (χ1) is 15.3. The number of amides is 1. The van der Waals surface area contributed by atoms with Gasteiger partial charge in [-0.25, -0.2) is 0 Å². The smallest absolute Gasteiger partial charge is 0.294 e. The number of hydrogen-bond acceptors (Lipinski definition) is 6. The first kappa shape index (κ1) is 21.6. The third-order valence-electron chi connectivity index (χ3n) is 5.58. The van der Waals surface area contributed by atoms with E-state index in [2.05, 4.69) is 0 Å². The predicted octanol–water partition coefficient (Wildman–Crippen LogP) is 5.13. The van der Waals surface area contributed by atoms with Crippen LogP contribution in [-0.4, -0.2) is 23.9 Å². The number of para-hydroxylation sites is 1. The van der Waals surface area contributed by atoms with Gasteiger partial charge in [0.15, 0.2) is 11.5 Å². The largest absolute Gasteiger partial charge is 0.503 e. The molecule has 1 amide bonds. The Bertz CT molecular complexity index is 1210. The van der Waals surface area contributed by atoms with Crippen molar-refractivity contribution in [1.82, 2.24) is 0 Å². The minimum Gasteiger partial charge on any atom is -0.503 e. The number of carbonyl (C=O) groups excluding carboxylic acids is 2. The number of thiophene rings is 1. The van der Waals surface area contributed by atoms with Gasteiger partial charge in [-0.05, 0) is 40.6 Å². The molecule has 32 heavy (non-hydrogen) atoms. The van der Waals surface area contributed by atoms with Crippen molar-refractivity contribution < 1.29 is 19.4 Å². The number of anilines is 2. The maximum atomic E-state index is 13.2. The Kier molecular flexibility index (Phi) is 5.76. The first-order valence-electron chi connectivity index (χ1n) is 10.2. The third kappa shape index (κ3) is 3.54. The topological polar surface area (TPSA) is 92.9 Å². The van der Waals surface area contributed by atoms with E-state index in [4.69, 9.17) is 10.5 Å². The summed E-state index contributed by atoms with van der Waals surface area (Å²) in [7, 11) is 1.53. The fourth-order valence-electron chi connectivity index (χ4n) is 4.00. The number of methoxy groups -OCH3 is 1. The number of benzene rings is 2. The summed E-state index contributed by atoms with van der Waals surface area (Å²) in [5, 5.41) is 14.7. The van der Waals surface area contributed by atoms with Crippen LogP contribution in [0.25, 0.3) is 11.1 Å². The maximum absolute atomic E-state index is 13.2. The molecular formula is C25H24N2O4S. The van der Waals surface area contributed by atoms with Crippen LogP contribution in [0.4, 0.5) is 11.4 Å². The molecule has 164 valence electrons. The van der Waals surface area contributed by atoms with Gasteiger partial charge in [0.1, 0.15) is 5.75 Å².